The number of halogens is 2. The summed E-state index contributed by atoms with van der Waals surface area (Å²) in [5.41, 5.74) is 0. The Kier molecular flexibility index (Phi) is 13.3. The maximum Gasteiger partial charge on any atom is 0.129 e. The Labute approximate surface area is 145 Å². The van der Waals surface area contributed by atoms with Crippen LogP contribution in [-0.2, 0) is 9.59 Å². The zero-order valence-corrected chi connectivity index (χ0v) is 15.3. The summed E-state index contributed by atoms with van der Waals surface area (Å²) in [6.07, 6.45) is 9.07. The Hall–Kier alpha value is -1.32. The van der Waals surface area contributed by atoms with Gasteiger partial charge in [-0.05, 0) is 44.8 Å². The zero-order chi connectivity index (χ0) is 18.4. The van der Waals surface area contributed by atoms with Crippen molar-refractivity contribution in [3.63, 3.8) is 0 Å². The molecule has 0 aromatic rings. The molecule has 24 heavy (non-hydrogen) atoms. The maximum atomic E-state index is 14.5. The number of carbonyl (C=O) groups is 2. The molecular formula is C20H32F2O2. The Morgan fingerprint density at radius 2 is 1.62 bits per heavy atom. The molecule has 138 valence electrons. The first-order chi connectivity index (χ1) is 11.4. The quantitative estimate of drug-likeness (QED) is 0.275. The van der Waals surface area contributed by atoms with Gasteiger partial charge in [0, 0.05) is 18.3 Å². The van der Waals surface area contributed by atoms with Crippen molar-refractivity contribution in [2.45, 2.75) is 78.6 Å². The zero-order valence-electron chi connectivity index (χ0n) is 15.3. The molecule has 0 rings (SSSR count). The van der Waals surface area contributed by atoms with Gasteiger partial charge >= 0.3 is 0 Å². The van der Waals surface area contributed by atoms with Crippen molar-refractivity contribution in [2.24, 2.45) is 11.8 Å². The van der Waals surface area contributed by atoms with Crippen molar-refractivity contribution >= 4 is 12.1 Å². The van der Waals surface area contributed by atoms with E-state index in [1.807, 2.05) is 13.8 Å². The molecular weight excluding hydrogens is 310 g/mol. The van der Waals surface area contributed by atoms with Gasteiger partial charge in [0.05, 0.1) is 5.83 Å². The standard InChI is InChI=1S/C20H32F2O2/c1-4-6-8-10-19(21)14-18(12-11-16(3)24)20(22)13-17(15-23)9-7-5-2/h13-15,17-18H,4-12H2,1-3H3/b19-14-,20-13-. The lowest BCUT2D eigenvalue weighted by Crippen LogP contribution is -2.06. The van der Waals surface area contributed by atoms with Crippen LogP contribution in [0.4, 0.5) is 8.78 Å². The molecule has 0 aliphatic heterocycles. The number of rotatable bonds is 14. The van der Waals surface area contributed by atoms with Crippen LogP contribution in [0.25, 0.3) is 0 Å². The molecule has 0 amide bonds. The fourth-order valence-electron chi connectivity index (χ4n) is 2.46. The Bertz CT molecular complexity index is 427. The summed E-state index contributed by atoms with van der Waals surface area (Å²) in [4.78, 5) is 22.3. The number of unbranched alkanes of at least 4 members (excludes halogenated alkanes) is 3. The van der Waals surface area contributed by atoms with Gasteiger partial charge in [-0.15, -0.1) is 0 Å². The first kappa shape index (κ1) is 22.7. The first-order valence-electron chi connectivity index (χ1n) is 9.12. The molecule has 2 atom stereocenters. The predicted molar refractivity (Wildman–Crippen MR) is 95.0 cm³/mol. The van der Waals surface area contributed by atoms with Crippen molar-refractivity contribution in [3.05, 3.63) is 23.8 Å². The van der Waals surface area contributed by atoms with E-state index >= 15 is 0 Å². The first-order valence-corrected chi connectivity index (χ1v) is 9.12. The summed E-state index contributed by atoms with van der Waals surface area (Å²) >= 11 is 0. The number of carbonyl (C=O) groups excluding carboxylic acids is 2. The summed E-state index contributed by atoms with van der Waals surface area (Å²) in [7, 11) is 0. The average Bonchev–Trinajstić information content (AvgIpc) is 2.55. The van der Waals surface area contributed by atoms with E-state index in [1.54, 1.807) is 0 Å². The molecule has 2 nitrogen and oxygen atoms in total. The monoisotopic (exact) mass is 342 g/mol. The highest BCUT2D eigenvalue weighted by Crippen LogP contribution is 2.26. The third-order valence-corrected chi connectivity index (χ3v) is 4.00. The van der Waals surface area contributed by atoms with Crippen molar-refractivity contribution in [1.29, 1.82) is 0 Å². The number of Topliss-reactive ketones (excluding diaryl/α,β-unsaturated/α-hetero) is 1. The molecule has 0 fully saturated rings. The minimum absolute atomic E-state index is 0.0505. The van der Waals surface area contributed by atoms with Crippen LogP contribution < -0.4 is 0 Å². The number of ketones is 1. The van der Waals surface area contributed by atoms with Crippen molar-refractivity contribution < 1.29 is 18.4 Å². The van der Waals surface area contributed by atoms with Crippen LogP contribution in [0, 0.1) is 11.8 Å². The second-order valence-electron chi connectivity index (χ2n) is 6.41. The van der Waals surface area contributed by atoms with Gasteiger partial charge in [0.25, 0.3) is 0 Å². The topological polar surface area (TPSA) is 34.1 Å². The summed E-state index contributed by atoms with van der Waals surface area (Å²) in [6.45, 7) is 5.48. The molecule has 0 saturated carbocycles. The third-order valence-electron chi connectivity index (χ3n) is 4.00. The SMILES string of the molecule is CCCCC/C(F)=C/C(CCC(C)=O)/C(F)=C/C(C=O)CCCC. The molecule has 0 saturated heterocycles. The normalized spacial score (nSPS) is 15.2. The number of aldehydes is 1. The molecule has 0 bridgehead atoms. The van der Waals surface area contributed by atoms with Crippen LogP contribution >= 0.6 is 0 Å². The van der Waals surface area contributed by atoms with Crippen molar-refractivity contribution in [2.75, 3.05) is 0 Å². The van der Waals surface area contributed by atoms with Gasteiger partial charge in [-0.1, -0.05) is 39.5 Å². The molecule has 0 aliphatic carbocycles. The molecule has 0 spiro atoms. The van der Waals surface area contributed by atoms with Gasteiger partial charge in [-0.25, -0.2) is 8.78 Å². The average molecular weight is 342 g/mol. The van der Waals surface area contributed by atoms with Gasteiger partial charge in [0.2, 0.25) is 0 Å². The fourth-order valence-corrected chi connectivity index (χ4v) is 2.46. The molecule has 0 radical (unpaired) electrons. The van der Waals surface area contributed by atoms with Crippen molar-refractivity contribution in [3.8, 4) is 0 Å². The Morgan fingerprint density at radius 1 is 0.958 bits per heavy atom. The highest BCUT2D eigenvalue weighted by atomic mass is 19.1. The molecule has 2 unspecified atom stereocenters. The molecule has 0 aromatic heterocycles. The van der Waals surface area contributed by atoms with Gasteiger partial charge in [0.1, 0.15) is 17.9 Å². The second kappa shape index (κ2) is 14.1. The lowest BCUT2D eigenvalue weighted by Gasteiger charge is -2.13. The Morgan fingerprint density at radius 3 is 2.17 bits per heavy atom. The van der Waals surface area contributed by atoms with Crippen LogP contribution in [0.2, 0.25) is 0 Å². The van der Waals surface area contributed by atoms with E-state index in [1.165, 1.54) is 19.1 Å². The molecule has 0 aromatic carbocycles. The minimum Gasteiger partial charge on any atom is -0.303 e. The predicted octanol–water partition coefficient (Wildman–Crippen LogP) is 6.26. The second-order valence-corrected chi connectivity index (χ2v) is 6.41. The van der Waals surface area contributed by atoms with Gasteiger partial charge in [0.15, 0.2) is 0 Å². The van der Waals surface area contributed by atoms with Crippen LogP contribution in [0.3, 0.4) is 0 Å². The Balaban J connectivity index is 5.03. The van der Waals surface area contributed by atoms with Crippen LogP contribution in [0.1, 0.15) is 78.6 Å². The number of allylic oxidation sites excluding steroid dienone is 4. The van der Waals surface area contributed by atoms with Gasteiger partial charge in [-0.3, -0.25) is 0 Å². The van der Waals surface area contributed by atoms with Crippen LogP contribution in [0.5, 0.6) is 0 Å². The summed E-state index contributed by atoms with van der Waals surface area (Å²) < 4.78 is 28.5. The highest BCUT2D eigenvalue weighted by Gasteiger charge is 2.16. The highest BCUT2D eigenvalue weighted by molar-refractivity contribution is 5.75. The van der Waals surface area contributed by atoms with Crippen LogP contribution in [0.15, 0.2) is 23.8 Å². The van der Waals surface area contributed by atoms with Gasteiger partial charge in [-0.2, -0.15) is 0 Å². The number of hydrogen-bond donors (Lipinski definition) is 0. The van der Waals surface area contributed by atoms with E-state index in [-0.39, 0.29) is 24.5 Å². The lowest BCUT2D eigenvalue weighted by molar-refractivity contribution is -0.117. The smallest absolute Gasteiger partial charge is 0.129 e. The maximum absolute atomic E-state index is 14.5. The summed E-state index contributed by atoms with van der Waals surface area (Å²) in [5, 5.41) is 0. The van der Waals surface area contributed by atoms with E-state index < -0.39 is 17.7 Å². The third kappa shape index (κ3) is 11.3. The van der Waals surface area contributed by atoms with Crippen molar-refractivity contribution in [1.82, 2.24) is 0 Å². The molecule has 0 N–H and O–H groups in total. The fraction of sp³-hybridized carbons (Fsp3) is 0.700. The molecule has 0 aliphatic rings. The van der Waals surface area contributed by atoms with E-state index in [0.717, 1.165) is 38.4 Å². The van der Waals surface area contributed by atoms with E-state index in [4.69, 9.17) is 0 Å². The summed E-state index contributed by atoms with van der Waals surface area (Å²) in [5.74, 6) is -2.14. The molecule has 0 heterocycles. The molecule has 4 heteroatoms. The minimum atomic E-state index is -0.764. The van der Waals surface area contributed by atoms with E-state index in [0.29, 0.717) is 12.8 Å². The van der Waals surface area contributed by atoms with E-state index in [9.17, 15) is 18.4 Å². The lowest BCUT2D eigenvalue weighted by atomic mass is 9.94. The van der Waals surface area contributed by atoms with Gasteiger partial charge < -0.3 is 9.59 Å². The summed E-state index contributed by atoms with van der Waals surface area (Å²) in [6, 6.07) is 0. The van der Waals surface area contributed by atoms with Crippen LogP contribution in [-0.4, -0.2) is 12.1 Å². The number of hydrogen-bond acceptors (Lipinski definition) is 2. The van der Waals surface area contributed by atoms with E-state index in [2.05, 4.69) is 0 Å². The largest absolute Gasteiger partial charge is 0.303 e.